The second-order valence-electron chi connectivity index (χ2n) is 9.69. The molecule has 0 aliphatic carbocycles. The maximum Gasteiger partial charge on any atom is 0.316 e. The summed E-state index contributed by atoms with van der Waals surface area (Å²) >= 11 is 0. The van der Waals surface area contributed by atoms with Gasteiger partial charge in [-0.1, -0.05) is 106 Å². The van der Waals surface area contributed by atoms with Gasteiger partial charge in [0.2, 0.25) is 0 Å². The van der Waals surface area contributed by atoms with Crippen LogP contribution in [0.4, 0.5) is 0 Å². The third-order valence-corrected chi connectivity index (χ3v) is 7.12. The second kappa shape index (κ2) is 17.2. The highest BCUT2D eigenvalue weighted by Crippen LogP contribution is 2.29. The van der Waals surface area contributed by atoms with Gasteiger partial charge in [-0.25, -0.2) is 0 Å². The maximum atomic E-state index is 10.9. The molecule has 4 rings (SSSR count). The van der Waals surface area contributed by atoms with E-state index in [-0.39, 0.29) is 19.3 Å². The van der Waals surface area contributed by atoms with Crippen LogP contribution in [0.15, 0.2) is 84.9 Å². The van der Waals surface area contributed by atoms with E-state index in [9.17, 15) is 9.67 Å². The lowest BCUT2D eigenvalue weighted by Gasteiger charge is -2.40. The first-order valence-electron chi connectivity index (χ1n) is 13.8. The van der Waals surface area contributed by atoms with Gasteiger partial charge in [-0.3, -0.25) is 14.4 Å². The number of nitrogens with zero attached hydrogens (tertiary/aromatic N) is 2. The van der Waals surface area contributed by atoms with Crippen molar-refractivity contribution in [1.82, 2.24) is 9.80 Å². The van der Waals surface area contributed by atoms with E-state index in [1.807, 2.05) is 24.3 Å². The van der Waals surface area contributed by atoms with Crippen LogP contribution in [-0.4, -0.2) is 65.2 Å². The number of aliphatic hydroxyl groups is 1. The number of β-amino-alcohol motifs (C(OH)–C–C–N with tert-alkyl or cyclic N) is 1. The fourth-order valence-corrected chi connectivity index (χ4v) is 4.81. The molecular formula is C31H43N2O5P. The fraction of sp³-hybridized carbons (Fsp3) is 0.419. The summed E-state index contributed by atoms with van der Waals surface area (Å²) in [5.41, 5.74) is 3.25. The topological polar surface area (TPSA) is 82.5 Å². The number of rotatable bonds is 12. The minimum Gasteiger partial charge on any atom is -0.490 e. The number of hydrogen-bond acceptors (Lipinski definition) is 6. The van der Waals surface area contributed by atoms with Crippen LogP contribution < -0.4 is 4.74 Å². The van der Waals surface area contributed by atoms with Gasteiger partial charge in [0, 0.05) is 38.3 Å². The summed E-state index contributed by atoms with van der Waals surface area (Å²) < 4.78 is 21.5. The van der Waals surface area contributed by atoms with Crippen molar-refractivity contribution in [3.63, 3.8) is 0 Å². The molecule has 3 aromatic rings. The van der Waals surface area contributed by atoms with E-state index in [4.69, 9.17) is 14.2 Å². The summed E-state index contributed by atoms with van der Waals surface area (Å²) in [6.45, 7) is 8.56. The molecule has 0 spiro atoms. The van der Waals surface area contributed by atoms with E-state index in [1.54, 1.807) is 12.1 Å². The molecule has 8 heteroatoms. The van der Waals surface area contributed by atoms with Crippen molar-refractivity contribution < 1.29 is 23.8 Å². The van der Waals surface area contributed by atoms with Crippen LogP contribution >= 0.6 is 8.25 Å². The molecule has 3 aromatic carbocycles. The standard InChI is InChI=1S/C27H33N2O5P.C4H10/c30-25(21-33-26-14-8-7-13-24(26)20-34-35(31)32)19-28-15-17-29(18-16-28)27(22-9-3-1-4-10-22)23-11-5-2-6-12-23;1-3-4-2/h1-14,25,27,30,35H,15-21H2,(H,31,32);3-4H2,1-2H3. The maximum absolute atomic E-state index is 10.9. The van der Waals surface area contributed by atoms with E-state index in [1.165, 1.54) is 24.0 Å². The first-order valence-corrected chi connectivity index (χ1v) is 15.1. The molecule has 0 saturated carbocycles. The molecule has 39 heavy (non-hydrogen) atoms. The van der Waals surface area contributed by atoms with Crippen molar-refractivity contribution in [2.24, 2.45) is 0 Å². The van der Waals surface area contributed by atoms with Gasteiger partial charge < -0.3 is 19.3 Å². The van der Waals surface area contributed by atoms with Crippen molar-refractivity contribution in [2.45, 2.75) is 45.4 Å². The Balaban J connectivity index is 0.000000983. The van der Waals surface area contributed by atoms with Gasteiger partial charge in [0.25, 0.3) is 0 Å². The van der Waals surface area contributed by atoms with Crippen LogP contribution in [0.1, 0.15) is 49.4 Å². The Bertz CT molecular complexity index is 1050. The average Bonchev–Trinajstić information content (AvgIpc) is 2.97. The highest BCUT2D eigenvalue weighted by atomic mass is 31.1. The van der Waals surface area contributed by atoms with Gasteiger partial charge >= 0.3 is 8.25 Å². The smallest absolute Gasteiger partial charge is 0.316 e. The molecule has 1 aliphatic rings. The van der Waals surface area contributed by atoms with E-state index in [2.05, 4.69) is 72.2 Å². The Morgan fingerprint density at radius 3 is 1.90 bits per heavy atom. The second-order valence-corrected chi connectivity index (χ2v) is 10.5. The van der Waals surface area contributed by atoms with Gasteiger partial charge in [-0.2, -0.15) is 0 Å². The molecule has 1 saturated heterocycles. The highest BCUT2D eigenvalue weighted by Gasteiger charge is 2.27. The summed E-state index contributed by atoms with van der Waals surface area (Å²) in [5.74, 6) is 0.549. The molecule has 2 N–H and O–H groups in total. The van der Waals surface area contributed by atoms with Gasteiger partial charge in [-0.05, 0) is 17.2 Å². The minimum absolute atomic E-state index is 0.00742. The van der Waals surface area contributed by atoms with Crippen LogP contribution in [-0.2, 0) is 15.7 Å². The molecule has 212 valence electrons. The Morgan fingerprint density at radius 1 is 0.821 bits per heavy atom. The molecule has 7 nitrogen and oxygen atoms in total. The number of ether oxygens (including phenoxy) is 1. The Morgan fingerprint density at radius 2 is 1.36 bits per heavy atom. The van der Waals surface area contributed by atoms with Crippen LogP contribution in [0.5, 0.6) is 5.75 Å². The van der Waals surface area contributed by atoms with Crippen molar-refractivity contribution in [2.75, 3.05) is 39.3 Å². The molecule has 1 aliphatic heterocycles. The third kappa shape index (κ3) is 10.5. The summed E-state index contributed by atoms with van der Waals surface area (Å²) in [7, 11) is -3.01. The van der Waals surface area contributed by atoms with E-state index < -0.39 is 14.4 Å². The number of hydrogen-bond donors (Lipinski definition) is 2. The number of piperazine rings is 1. The van der Waals surface area contributed by atoms with Crippen molar-refractivity contribution in [3.05, 3.63) is 102 Å². The first-order chi connectivity index (χ1) is 19.0. The third-order valence-electron chi connectivity index (χ3n) is 6.73. The normalized spacial score (nSPS) is 15.8. The molecule has 2 unspecified atom stereocenters. The van der Waals surface area contributed by atoms with Crippen LogP contribution in [0.2, 0.25) is 0 Å². The lowest BCUT2D eigenvalue weighted by atomic mass is 9.96. The average molecular weight is 555 g/mol. The largest absolute Gasteiger partial charge is 0.490 e. The van der Waals surface area contributed by atoms with E-state index >= 15 is 0 Å². The molecule has 1 fully saturated rings. The Labute approximate surface area is 234 Å². The highest BCUT2D eigenvalue weighted by molar-refractivity contribution is 7.32. The number of para-hydroxylation sites is 1. The predicted molar refractivity (Wildman–Crippen MR) is 157 cm³/mol. The zero-order chi connectivity index (χ0) is 27.9. The SMILES string of the molecule is CCCC.O=[PH](O)OCc1ccccc1OCC(O)CN1CCN(C(c2ccccc2)c2ccccc2)CC1. The number of unbranched alkanes of at least 4 members (excludes halogenated alkanes) is 1. The molecule has 2 atom stereocenters. The Hall–Kier alpha value is -2.51. The van der Waals surface area contributed by atoms with Crippen molar-refractivity contribution >= 4 is 8.25 Å². The summed E-state index contributed by atoms with van der Waals surface area (Å²) in [4.78, 5) is 13.7. The predicted octanol–water partition coefficient (Wildman–Crippen LogP) is 5.54. The molecule has 0 aromatic heterocycles. The monoisotopic (exact) mass is 554 g/mol. The zero-order valence-corrected chi connectivity index (χ0v) is 24.1. The Kier molecular flexibility index (Phi) is 13.7. The molecule has 0 bridgehead atoms. The fourth-order valence-electron chi connectivity index (χ4n) is 4.53. The number of benzene rings is 3. The minimum atomic E-state index is -3.01. The summed E-state index contributed by atoms with van der Waals surface area (Å²) in [6.07, 6.45) is 1.99. The zero-order valence-electron chi connectivity index (χ0n) is 23.1. The molecular weight excluding hydrogens is 511 g/mol. The van der Waals surface area contributed by atoms with Crippen molar-refractivity contribution in [3.8, 4) is 5.75 Å². The molecule has 0 radical (unpaired) electrons. The molecule has 0 amide bonds. The van der Waals surface area contributed by atoms with Gasteiger partial charge in [0.15, 0.2) is 0 Å². The lowest BCUT2D eigenvalue weighted by Crippen LogP contribution is -2.50. The molecule has 1 heterocycles. The van der Waals surface area contributed by atoms with E-state index in [0.717, 1.165) is 26.2 Å². The number of aliphatic hydroxyl groups excluding tert-OH is 1. The van der Waals surface area contributed by atoms with E-state index in [0.29, 0.717) is 17.9 Å². The summed E-state index contributed by atoms with van der Waals surface area (Å²) in [6, 6.07) is 28.6. The van der Waals surface area contributed by atoms with Crippen molar-refractivity contribution in [1.29, 1.82) is 0 Å². The van der Waals surface area contributed by atoms with Gasteiger partial charge in [-0.15, -0.1) is 0 Å². The van der Waals surface area contributed by atoms with Crippen LogP contribution in [0.25, 0.3) is 0 Å². The van der Waals surface area contributed by atoms with Crippen LogP contribution in [0, 0.1) is 0 Å². The lowest BCUT2D eigenvalue weighted by molar-refractivity contribution is 0.0397. The van der Waals surface area contributed by atoms with Gasteiger partial charge in [0.05, 0.1) is 12.6 Å². The van der Waals surface area contributed by atoms with Crippen LogP contribution in [0.3, 0.4) is 0 Å². The quantitative estimate of drug-likeness (QED) is 0.285. The van der Waals surface area contributed by atoms with Gasteiger partial charge in [0.1, 0.15) is 18.5 Å². The first kappa shape index (κ1) is 31.0. The summed E-state index contributed by atoms with van der Waals surface area (Å²) in [5, 5.41) is 10.6.